The van der Waals surface area contributed by atoms with Crippen molar-refractivity contribution in [3.63, 3.8) is 0 Å². The van der Waals surface area contributed by atoms with Crippen LogP contribution in [0.2, 0.25) is 5.02 Å². The fourth-order valence-corrected chi connectivity index (χ4v) is 4.07. The molecule has 0 bridgehead atoms. The molecule has 1 aliphatic rings. The highest BCUT2D eigenvalue weighted by Gasteiger charge is 2.33. The van der Waals surface area contributed by atoms with Crippen LogP contribution < -0.4 is 0 Å². The lowest BCUT2D eigenvalue weighted by atomic mass is 10.2. The maximum Gasteiger partial charge on any atom is 0.246 e. The zero-order valence-corrected chi connectivity index (χ0v) is 13.1. The van der Waals surface area contributed by atoms with Gasteiger partial charge in [-0.25, -0.2) is 12.8 Å². The summed E-state index contributed by atoms with van der Waals surface area (Å²) in [6, 6.07) is 2.13. The average Bonchev–Trinajstić information content (AvgIpc) is 2.93. The summed E-state index contributed by atoms with van der Waals surface area (Å²) in [6.07, 6.45) is 0.584. The van der Waals surface area contributed by atoms with E-state index in [1.54, 1.807) is 0 Å². The SMILES string of the molecule is CN(C1CCOC1)S(=O)(=O)c1cc(Cl)cc(CCl)c1F. The maximum atomic E-state index is 14.2. The van der Waals surface area contributed by atoms with E-state index in [4.69, 9.17) is 27.9 Å². The molecule has 1 atom stereocenters. The summed E-state index contributed by atoms with van der Waals surface area (Å²) >= 11 is 11.4. The molecule has 112 valence electrons. The topological polar surface area (TPSA) is 46.6 Å². The van der Waals surface area contributed by atoms with Crippen LogP contribution in [-0.4, -0.2) is 39.0 Å². The molecule has 0 aliphatic carbocycles. The van der Waals surface area contributed by atoms with Gasteiger partial charge in [0.1, 0.15) is 10.7 Å². The summed E-state index contributed by atoms with van der Waals surface area (Å²) < 4.78 is 45.5. The lowest BCUT2D eigenvalue weighted by Gasteiger charge is -2.23. The molecule has 0 radical (unpaired) electrons. The Bertz CT molecular complexity index is 603. The van der Waals surface area contributed by atoms with Gasteiger partial charge in [-0.15, -0.1) is 11.6 Å². The van der Waals surface area contributed by atoms with Crippen LogP contribution in [0.4, 0.5) is 4.39 Å². The van der Waals surface area contributed by atoms with E-state index < -0.39 is 20.7 Å². The number of hydrogen-bond donors (Lipinski definition) is 0. The van der Waals surface area contributed by atoms with E-state index in [0.717, 1.165) is 10.4 Å². The molecule has 0 aromatic heterocycles. The molecule has 1 fully saturated rings. The molecule has 1 aliphatic heterocycles. The molecule has 8 heteroatoms. The van der Waals surface area contributed by atoms with Crippen molar-refractivity contribution in [2.75, 3.05) is 20.3 Å². The number of hydrogen-bond acceptors (Lipinski definition) is 3. The summed E-state index contributed by atoms with van der Waals surface area (Å²) in [6.45, 7) is 0.801. The largest absolute Gasteiger partial charge is 0.380 e. The number of ether oxygens (including phenoxy) is 1. The zero-order chi connectivity index (χ0) is 14.9. The van der Waals surface area contributed by atoms with E-state index in [2.05, 4.69) is 0 Å². The van der Waals surface area contributed by atoms with Gasteiger partial charge < -0.3 is 4.74 Å². The van der Waals surface area contributed by atoms with Gasteiger partial charge in [-0.3, -0.25) is 0 Å². The molecule has 1 saturated heterocycles. The Kier molecular flexibility index (Phi) is 4.92. The second-order valence-electron chi connectivity index (χ2n) is 4.55. The molecule has 1 unspecified atom stereocenters. The zero-order valence-electron chi connectivity index (χ0n) is 10.8. The molecular formula is C12H14Cl2FNO3S. The second kappa shape index (κ2) is 6.15. The van der Waals surface area contributed by atoms with Crippen molar-refractivity contribution in [3.8, 4) is 0 Å². The van der Waals surface area contributed by atoms with Crippen LogP contribution in [0.1, 0.15) is 12.0 Å². The van der Waals surface area contributed by atoms with Crippen molar-refractivity contribution >= 4 is 33.2 Å². The molecule has 0 spiro atoms. The summed E-state index contributed by atoms with van der Waals surface area (Å²) in [5.74, 6) is -0.999. The van der Waals surface area contributed by atoms with E-state index in [9.17, 15) is 12.8 Å². The first-order valence-electron chi connectivity index (χ1n) is 5.97. The van der Waals surface area contributed by atoms with Crippen LogP contribution in [0.5, 0.6) is 0 Å². The quantitative estimate of drug-likeness (QED) is 0.791. The lowest BCUT2D eigenvalue weighted by molar-refractivity contribution is 0.180. The highest BCUT2D eigenvalue weighted by Crippen LogP contribution is 2.28. The van der Waals surface area contributed by atoms with Gasteiger partial charge >= 0.3 is 0 Å². The number of rotatable bonds is 4. The minimum Gasteiger partial charge on any atom is -0.380 e. The number of halogens is 3. The summed E-state index contributed by atoms with van der Waals surface area (Å²) in [7, 11) is -2.56. The van der Waals surface area contributed by atoms with Crippen molar-refractivity contribution in [3.05, 3.63) is 28.5 Å². The predicted molar refractivity (Wildman–Crippen MR) is 75.1 cm³/mol. The lowest BCUT2D eigenvalue weighted by Crippen LogP contribution is -2.37. The number of likely N-dealkylation sites (N-methyl/N-ethyl adjacent to an activating group) is 1. The Hall–Kier alpha value is -0.400. The van der Waals surface area contributed by atoms with Gasteiger partial charge in [0.15, 0.2) is 0 Å². The van der Waals surface area contributed by atoms with Gasteiger partial charge in [0.25, 0.3) is 0 Å². The van der Waals surface area contributed by atoms with Crippen LogP contribution in [0.15, 0.2) is 17.0 Å². The fraction of sp³-hybridized carbons (Fsp3) is 0.500. The van der Waals surface area contributed by atoms with E-state index in [-0.39, 0.29) is 22.5 Å². The summed E-state index contributed by atoms with van der Waals surface area (Å²) in [5.41, 5.74) is 0.0637. The van der Waals surface area contributed by atoms with Gasteiger partial charge in [0, 0.05) is 24.2 Å². The van der Waals surface area contributed by atoms with E-state index in [1.807, 2.05) is 0 Å². The molecule has 1 aromatic rings. The smallest absolute Gasteiger partial charge is 0.246 e. The third-order valence-electron chi connectivity index (χ3n) is 3.30. The highest BCUT2D eigenvalue weighted by molar-refractivity contribution is 7.89. The molecule has 1 heterocycles. The molecule has 1 aromatic carbocycles. The van der Waals surface area contributed by atoms with Crippen LogP contribution in [0.25, 0.3) is 0 Å². The van der Waals surface area contributed by atoms with Gasteiger partial charge in [-0.05, 0) is 18.6 Å². The molecule has 0 amide bonds. The van der Waals surface area contributed by atoms with Crippen LogP contribution in [0, 0.1) is 5.82 Å². The van der Waals surface area contributed by atoms with Gasteiger partial charge in [-0.2, -0.15) is 4.31 Å². The molecule has 0 saturated carbocycles. The second-order valence-corrected chi connectivity index (χ2v) is 7.22. The van der Waals surface area contributed by atoms with Crippen molar-refractivity contribution in [1.29, 1.82) is 0 Å². The normalized spacial score (nSPS) is 19.8. The first-order chi connectivity index (χ1) is 9.37. The van der Waals surface area contributed by atoms with E-state index in [0.29, 0.717) is 19.6 Å². The van der Waals surface area contributed by atoms with Crippen LogP contribution in [0.3, 0.4) is 0 Å². The van der Waals surface area contributed by atoms with E-state index in [1.165, 1.54) is 13.1 Å². The Balaban J connectivity index is 2.45. The van der Waals surface area contributed by atoms with Crippen molar-refractivity contribution in [1.82, 2.24) is 4.31 Å². The van der Waals surface area contributed by atoms with E-state index >= 15 is 0 Å². The Morgan fingerprint density at radius 2 is 2.20 bits per heavy atom. The minimum atomic E-state index is -3.97. The number of benzene rings is 1. The van der Waals surface area contributed by atoms with Crippen LogP contribution >= 0.6 is 23.2 Å². The van der Waals surface area contributed by atoms with Crippen LogP contribution in [-0.2, 0) is 20.6 Å². The first kappa shape index (κ1) is 16.0. The minimum absolute atomic E-state index is 0.0637. The Morgan fingerprint density at radius 1 is 1.50 bits per heavy atom. The maximum absolute atomic E-state index is 14.2. The van der Waals surface area contributed by atoms with Gasteiger partial charge in [0.05, 0.1) is 18.5 Å². The molecule has 2 rings (SSSR count). The number of nitrogens with zero attached hydrogens (tertiary/aromatic N) is 1. The Labute approximate surface area is 127 Å². The molecular weight excluding hydrogens is 328 g/mol. The number of sulfonamides is 1. The standard InChI is InChI=1S/C12H14Cl2FNO3S/c1-16(10-2-3-19-7-10)20(17,18)11-5-9(14)4-8(6-13)12(11)15/h4-5,10H,2-3,6-7H2,1H3. The predicted octanol–water partition coefficient (Wildman–Crippen LogP) is 2.63. The summed E-state index contributed by atoms with van der Waals surface area (Å²) in [4.78, 5) is -0.449. The monoisotopic (exact) mass is 341 g/mol. The highest BCUT2D eigenvalue weighted by atomic mass is 35.5. The third kappa shape index (κ3) is 2.94. The Morgan fingerprint density at radius 3 is 2.75 bits per heavy atom. The molecule has 4 nitrogen and oxygen atoms in total. The van der Waals surface area contributed by atoms with Crippen molar-refractivity contribution < 1.29 is 17.5 Å². The number of alkyl halides is 1. The van der Waals surface area contributed by atoms with Gasteiger partial charge in [0.2, 0.25) is 10.0 Å². The fourth-order valence-electron chi connectivity index (χ4n) is 2.06. The first-order valence-corrected chi connectivity index (χ1v) is 8.33. The van der Waals surface area contributed by atoms with Crippen molar-refractivity contribution in [2.24, 2.45) is 0 Å². The van der Waals surface area contributed by atoms with Gasteiger partial charge in [-0.1, -0.05) is 11.6 Å². The average molecular weight is 342 g/mol. The molecule has 20 heavy (non-hydrogen) atoms. The third-order valence-corrected chi connectivity index (χ3v) is 5.72. The van der Waals surface area contributed by atoms with Crippen molar-refractivity contribution in [2.45, 2.75) is 23.2 Å². The summed E-state index contributed by atoms with van der Waals surface area (Å²) in [5, 5.41) is 0.136. The molecule has 0 N–H and O–H groups in total.